The smallest absolute Gasteiger partial charge is 0.276 e. The van der Waals surface area contributed by atoms with Crippen molar-refractivity contribution in [1.82, 2.24) is 9.78 Å². The number of nitrogens with two attached hydrogens (primary N) is 1. The van der Waals surface area contributed by atoms with Crippen LogP contribution >= 0.6 is 0 Å². The van der Waals surface area contributed by atoms with Gasteiger partial charge in [0.25, 0.3) is 5.91 Å². The molecule has 0 fully saturated rings. The number of benzene rings is 1. The molecule has 0 saturated carbocycles. The molecule has 0 radical (unpaired) electrons. The molecule has 106 valence electrons. The number of nitrogens with zero attached hydrogens (tertiary/aromatic N) is 2. The lowest BCUT2D eigenvalue weighted by molar-refractivity contribution is 0.101. The first-order valence-electron chi connectivity index (χ1n) is 6.04. The molecule has 1 aromatic carbocycles. The third-order valence-corrected chi connectivity index (χ3v) is 2.89. The fourth-order valence-corrected chi connectivity index (χ4v) is 1.85. The Hall–Kier alpha value is -2.44. The van der Waals surface area contributed by atoms with Gasteiger partial charge in [-0.1, -0.05) is 6.07 Å². The number of nitrogens with one attached hydrogen (secondary N) is 1. The lowest BCUT2D eigenvalue weighted by atomic mass is 10.2. The van der Waals surface area contributed by atoms with Gasteiger partial charge in [0, 0.05) is 6.54 Å². The zero-order chi connectivity index (χ0) is 14.9. The summed E-state index contributed by atoms with van der Waals surface area (Å²) in [5, 5.41) is 6.40. The minimum Gasteiger partial charge on any atom is -0.395 e. The van der Waals surface area contributed by atoms with Gasteiger partial charge in [0.2, 0.25) is 0 Å². The van der Waals surface area contributed by atoms with Gasteiger partial charge >= 0.3 is 0 Å². The maximum absolute atomic E-state index is 13.5. The highest BCUT2D eigenvalue weighted by molar-refractivity contribution is 6.06. The van der Waals surface area contributed by atoms with Crippen LogP contribution in [0.4, 0.5) is 20.2 Å². The van der Waals surface area contributed by atoms with Gasteiger partial charge in [0.05, 0.1) is 17.1 Å². The summed E-state index contributed by atoms with van der Waals surface area (Å²) in [5.41, 5.74) is 6.42. The van der Waals surface area contributed by atoms with Gasteiger partial charge in [-0.2, -0.15) is 5.10 Å². The summed E-state index contributed by atoms with van der Waals surface area (Å²) in [6.07, 6.45) is 0. The van der Waals surface area contributed by atoms with Crippen LogP contribution in [0, 0.1) is 18.6 Å². The van der Waals surface area contributed by atoms with E-state index in [1.165, 1.54) is 16.8 Å². The van der Waals surface area contributed by atoms with E-state index in [9.17, 15) is 13.6 Å². The molecule has 2 rings (SSSR count). The summed E-state index contributed by atoms with van der Waals surface area (Å²) in [6, 6.07) is 3.55. The molecule has 1 amide bonds. The Kier molecular flexibility index (Phi) is 3.69. The van der Waals surface area contributed by atoms with Crippen LogP contribution in [0.25, 0.3) is 0 Å². The van der Waals surface area contributed by atoms with Gasteiger partial charge in [-0.3, -0.25) is 9.48 Å². The molecule has 0 aliphatic carbocycles. The molecule has 0 bridgehead atoms. The quantitative estimate of drug-likeness (QED) is 0.906. The fourth-order valence-electron chi connectivity index (χ4n) is 1.85. The second-order valence-corrected chi connectivity index (χ2v) is 4.22. The van der Waals surface area contributed by atoms with E-state index in [-0.39, 0.29) is 17.1 Å². The third kappa shape index (κ3) is 2.34. The summed E-state index contributed by atoms with van der Waals surface area (Å²) in [7, 11) is 0. The number of nitrogen functional groups attached to an aromatic ring is 1. The summed E-state index contributed by atoms with van der Waals surface area (Å²) in [5.74, 6) is -2.77. The molecule has 5 nitrogen and oxygen atoms in total. The number of hydrogen-bond acceptors (Lipinski definition) is 3. The molecule has 7 heteroatoms. The van der Waals surface area contributed by atoms with Crippen molar-refractivity contribution in [3.8, 4) is 0 Å². The largest absolute Gasteiger partial charge is 0.395 e. The van der Waals surface area contributed by atoms with Crippen LogP contribution in [-0.2, 0) is 6.54 Å². The van der Waals surface area contributed by atoms with Crippen LogP contribution in [0.5, 0.6) is 0 Å². The van der Waals surface area contributed by atoms with Crippen LogP contribution in [0.1, 0.15) is 23.1 Å². The van der Waals surface area contributed by atoms with Crippen molar-refractivity contribution in [2.24, 2.45) is 0 Å². The molecule has 0 aliphatic heterocycles. The van der Waals surface area contributed by atoms with Crippen LogP contribution in [0.2, 0.25) is 0 Å². The van der Waals surface area contributed by atoms with Gasteiger partial charge in [0.15, 0.2) is 11.6 Å². The fraction of sp³-hybridized carbons (Fsp3) is 0.231. The molecular formula is C13H14F2N4O. The molecule has 0 saturated heterocycles. The average molecular weight is 280 g/mol. The molecule has 0 spiro atoms. The number of hydrogen-bond donors (Lipinski definition) is 2. The second kappa shape index (κ2) is 5.28. The highest BCUT2D eigenvalue weighted by atomic mass is 19.2. The van der Waals surface area contributed by atoms with Crippen molar-refractivity contribution < 1.29 is 13.6 Å². The number of amides is 1. The van der Waals surface area contributed by atoms with Crippen molar-refractivity contribution in [2.75, 3.05) is 11.1 Å². The number of aryl methyl sites for hydroxylation is 2. The number of carbonyl (C=O) groups is 1. The minimum atomic E-state index is -1.11. The minimum absolute atomic E-state index is 0.133. The molecule has 2 aromatic rings. The van der Waals surface area contributed by atoms with Crippen molar-refractivity contribution in [1.29, 1.82) is 0 Å². The molecule has 1 heterocycles. The molecular weight excluding hydrogens is 266 g/mol. The van der Waals surface area contributed by atoms with E-state index in [0.717, 1.165) is 6.07 Å². The van der Waals surface area contributed by atoms with Crippen molar-refractivity contribution in [3.05, 3.63) is 41.2 Å². The van der Waals surface area contributed by atoms with E-state index in [2.05, 4.69) is 10.4 Å². The Balaban J connectivity index is 2.36. The number of rotatable bonds is 3. The van der Waals surface area contributed by atoms with Crippen molar-refractivity contribution in [2.45, 2.75) is 20.4 Å². The van der Waals surface area contributed by atoms with E-state index in [1.807, 2.05) is 0 Å². The SMILES string of the molecule is CCn1nc(C)c(N)c1C(=O)Nc1cccc(F)c1F. The Morgan fingerprint density at radius 3 is 2.80 bits per heavy atom. The Morgan fingerprint density at radius 1 is 1.45 bits per heavy atom. The van der Waals surface area contributed by atoms with Gasteiger partial charge < -0.3 is 11.1 Å². The number of carbonyl (C=O) groups excluding carboxylic acids is 1. The topological polar surface area (TPSA) is 72.9 Å². The highest BCUT2D eigenvalue weighted by Crippen LogP contribution is 2.21. The van der Waals surface area contributed by atoms with Crippen LogP contribution in [0.3, 0.4) is 0 Å². The van der Waals surface area contributed by atoms with E-state index >= 15 is 0 Å². The second-order valence-electron chi connectivity index (χ2n) is 4.22. The standard InChI is InChI=1S/C13H14F2N4O/c1-3-19-12(11(16)7(2)18-19)13(20)17-9-6-4-5-8(14)10(9)15/h4-6H,3,16H2,1-2H3,(H,17,20). The van der Waals surface area contributed by atoms with Crippen LogP contribution in [-0.4, -0.2) is 15.7 Å². The monoisotopic (exact) mass is 280 g/mol. The maximum Gasteiger partial charge on any atom is 0.276 e. The van der Waals surface area contributed by atoms with Gasteiger partial charge in [0.1, 0.15) is 5.69 Å². The lowest BCUT2D eigenvalue weighted by Gasteiger charge is -2.08. The summed E-state index contributed by atoms with van der Waals surface area (Å²) >= 11 is 0. The first kappa shape index (κ1) is 14.0. The van der Waals surface area contributed by atoms with Crippen molar-refractivity contribution in [3.63, 3.8) is 0 Å². The molecule has 0 atom stereocenters. The van der Waals surface area contributed by atoms with Crippen LogP contribution < -0.4 is 11.1 Å². The zero-order valence-electron chi connectivity index (χ0n) is 11.1. The van der Waals surface area contributed by atoms with E-state index in [4.69, 9.17) is 5.73 Å². The summed E-state index contributed by atoms with van der Waals surface area (Å²) in [6.45, 7) is 3.90. The maximum atomic E-state index is 13.5. The predicted octanol–water partition coefficient (Wildman–Crippen LogP) is 2.32. The third-order valence-electron chi connectivity index (χ3n) is 2.89. The number of halogens is 2. The van der Waals surface area contributed by atoms with Crippen LogP contribution in [0.15, 0.2) is 18.2 Å². The summed E-state index contributed by atoms with van der Waals surface area (Å²) < 4.78 is 28.0. The summed E-state index contributed by atoms with van der Waals surface area (Å²) in [4.78, 5) is 12.2. The van der Waals surface area contributed by atoms with E-state index in [1.54, 1.807) is 13.8 Å². The highest BCUT2D eigenvalue weighted by Gasteiger charge is 2.20. The predicted molar refractivity (Wildman–Crippen MR) is 71.4 cm³/mol. The molecule has 3 N–H and O–H groups in total. The van der Waals surface area contributed by atoms with Gasteiger partial charge in [-0.05, 0) is 26.0 Å². The number of aromatic nitrogens is 2. The Bertz CT molecular complexity index is 667. The lowest BCUT2D eigenvalue weighted by Crippen LogP contribution is -2.19. The van der Waals surface area contributed by atoms with Gasteiger partial charge in [-0.25, -0.2) is 8.78 Å². The van der Waals surface area contributed by atoms with Crippen molar-refractivity contribution >= 4 is 17.3 Å². The first-order chi connectivity index (χ1) is 9.45. The Labute approximate surface area is 114 Å². The van der Waals surface area contributed by atoms with E-state index in [0.29, 0.717) is 12.2 Å². The molecule has 0 unspecified atom stereocenters. The first-order valence-corrected chi connectivity index (χ1v) is 6.04. The number of anilines is 2. The normalized spacial score (nSPS) is 10.6. The molecule has 20 heavy (non-hydrogen) atoms. The average Bonchev–Trinajstić information content (AvgIpc) is 2.70. The Morgan fingerprint density at radius 2 is 2.15 bits per heavy atom. The van der Waals surface area contributed by atoms with E-state index < -0.39 is 17.5 Å². The van der Waals surface area contributed by atoms with Gasteiger partial charge in [-0.15, -0.1) is 0 Å². The molecule has 0 aliphatic rings. The molecule has 1 aromatic heterocycles. The zero-order valence-corrected chi connectivity index (χ0v) is 11.1.